The summed E-state index contributed by atoms with van der Waals surface area (Å²) in [6.45, 7) is 14.3. The molecule has 4 nitrogen and oxygen atoms in total. The number of ketones is 1. The predicted octanol–water partition coefficient (Wildman–Crippen LogP) is 6.16. The molecule has 29 heavy (non-hydrogen) atoms. The normalized spacial score (nSPS) is 12.0. The van der Waals surface area contributed by atoms with Crippen molar-refractivity contribution < 1.29 is 19.4 Å². The molecule has 0 amide bonds. The second-order valence-electron chi connectivity index (χ2n) is 8.68. The fourth-order valence-electron chi connectivity index (χ4n) is 2.93. The second kappa shape index (κ2) is 9.17. The van der Waals surface area contributed by atoms with Gasteiger partial charge in [0.05, 0.1) is 17.8 Å². The number of aromatic hydroxyl groups is 1. The van der Waals surface area contributed by atoms with E-state index >= 15 is 0 Å². The molecule has 2 rings (SSSR count). The molecule has 156 valence electrons. The highest BCUT2D eigenvalue weighted by atomic mass is 16.5. The SMILES string of the molecule is CC(C)Oc1ccc(C(C)(C)C)c(OC(C)C)c1/C=C/C(=O)c1ccc(O)cc1. The Morgan fingerprint density at radius 1 is 0.931 bits per heavy atom. The molecule has 0 fully saturated rings. The number of phenolic OH excluding ortho intramolecular Hbond substituents is 1. The summed E-state index contributed by atoms with van der Waals surface area (Å²) in [5.41, 5.74) is 2.18. The first-order valence-electron chi connectivity index (χ1n) is 10.0. The summed E-state index contributed by atoms with van der Waals surface area (Å²) >= 11 is 0. The van der Waals surface area contributed by atoms with Gasteiger partial charge in [-0.2, -0.15) is 0 Å². The molecule has 0 aliphatic heterocycles. The van der Waals surface area contributed by atoms with Crippen LogP contribution >= 0.6 is 0 Å². The highest BCUT2D eigenvalue weighted by molar-refractivity contribution is 6.07. The zero-order valence-corrected chi connectivity index (χ0v) is 18.4. The lowest BCUT2D eigenvalue weighted by Gasteiger charge is -2.27. The van der Waals surface area contributed by atoms with Crippen LogP contribution < -0.4 is 9.47 Å². The van der Waals surface area contributed by atoms with E-state index < -0.39 is 0 Å². The molecule has 1 N–H and O–H groups in total. The largest absolute Gasteiger partial charge is 0.508 e. The maximum absolute atomic E-state index is 12.6. The minimum absolute atomic E-state index is 0.0117. The molecule has 0 aromatic heterocycles. The molecule has 0 unspecified atom stereocenters. The molecule has 2 aromatic rings. The van der Waals surface area contributed by atoms with Gasteiger partial charge in [0.2, 0.25) is 0 Å². The maximum atomic E-state index is 12.6. The number of ether oxygens (including phenoxy) is 2. The van der Waals surface area contributed by atoms with E-state index in [0.29, 0.717) is 11.3 Å². The molecule has 0 aliphatic carbocycles. The number of hydrogen-bond donors (Lipinski definition) is 1. The molecule has 0 bridgehead atoms. The number of carbonyl (C=O) groups is 1. The standard InChI is InChI=1S/C25H32O4/c1-16(2)28-23-15-13-21(25(5,6)7)24(29-17(3)4)20(23)12-14-22(27)18-8-10-19(26)11-9-18/h8-17,26H,1-7H3/b14-12+. The van der Waals surface area contributed by atoms with Crippen LogP contribution in [-0.2, 0) is 5.41 Å². The smallest absolute Gasteiger partial charge is 0.185 e. The highest BCUT2D eigenvalue weighted by Gasteiger charge is 2.24. The van der Waals surface area contributed by atoms with E-state index in [9.17, 15) is 9.90 Å². The molecular weight excluding hydrogens is 364 g/mol. The number of carbonyl (C=O) groups excluding carboxylic acids is 1. The van der Waals surface area contributed by atoms with Crippen LogP contribution in [0.3, 0.4) is 0 Å². The topological polar surface area (TPSA) is 55.8 Å². The third-order valence-corrected chi connectivity index (χ3v) is 4.23. The third-order valence-electron chi connectivity index (χ3n) is 4.23. The van der Waals surface area contributed by atoms with Gasteiger partial charge in [0.15, 0.2) is 5.78 Å². The van der Waals surface area contributed by atoms with Gasteiger partial charge in [-0.25, -0.2) is 0 Å². The van der Waals surface area contributed by atoms with E-state index in [1.165, 1.54) is 18.2 Å². The quantitative estimate of drug-likeness (QED) is 0.450. The molecular formula is C25H32O4. The monoisotopic (exact) mass is 396 g/mol. The summed E-state index contributed by atoms with van der Waals surface area (Å²) in [5, 5.41) is 9.43. The van der Waals surface area contributed by atoms with E-state index in [1.54, 1.807) is 18.2 Å². The van der Waals surface area contributed by atoms with Crippen molar-refractivity contribution in [2.24, 2.45) is 0 Å². The third kappa shape index (κ3) is 6.11. The number of allylic oxidation sites excluding steroid dienone is 1. The van der Waals surface area contributed by atoms with Gasteiger partial charge in [-0.15, -0.1) is 0 Å². The molecule has 0 atom stereocenters. The van der Waals surface area contributed by atoms with E-state index in [0.717, 1.165) is 16.9 Å². The summed E-state index contributed by atoms with van der Waals surface area (Å²) in [5.74, 6) is 1.39. The molecule has 4 heteroatoms. The van der Waals surface area contributed by atoms with Crippen molar-refractivity contribution in [3.8, 4) is 17.2 Å². The Kier molecular flexibility index (Phi) is 7.12. The Hall–Kier alpha value is -2.75. The maximum Gasteiger partial charge on any atom is 0.185 e. The van der Waals surface area contributed by atoms with Crippen molar-refractivity contribution in [1.82, 2.24) is 0 Å². The lowest BCUT2D eigenvalue weighted by Crippen LogP contribution is -2.18. The number of phenols is 1. The molecule has 0 heterocycles. The first-order valence-corrected chi connectivity index (χ1v) is 10.0. The van der Waals surface area contributed by atoms with Gasteiger partial charge < -0.3 is 14.6 Å². The zero-order valence-electron chi connectivity index (χ0n) is 18.4. The average molecular weight is 397 g/mol. The summed E-state index contributed by atoms with van der Waals surface area (Å²) in [6, 6.07) is 10.2. The molecule has 0 aliphatic rings. The van der Waals surface area contributed by atoms with Crippen molar-refractivity contribution in [3.05, 3.63) is 59.2 Å². The Morgan fingerprint density at radius 2 is 1.52 bits per heavy atom. The van der Waals surface area contributed by atoms with Crippen LogP contribution in [0.4, 0.5) is 0 Å². The Morgan fingerprint density at radius 3 is 2.03 bits per heavy atom. The van der Waals surface area contributed by atoms with Crippen molar-refractivity contribution in [1.29, 1.82) is 0 Å². The van der Waals surface area contributed by atoms with Crippen LogP contribution in [0.1, 0.15) is 70.0 Å². The van der Waals surface area contributed by atoms with E-state index in [4.69, 9.17) is 9.47 Å². The van der Waals surface area contributed by atoms with E-state index in [2.05, 4.69) is 20.8 Å². The minimum atomic E-state index is -0.155. The van der Waals surface area contributed by atoms with Crippen LogP contribution in [-0.4, -0.2) is 23.1 Å². The molecule has 0 saturated heterocycles. The molecule has 0 radical (unpaired) electrons. The first-order chi connectivity index (χ1) is 13.5. The summed E-state index contributed by atoms with van der Waals surface area (Å²) < 4.78 is 12.2. The molecule has 0 saturated carbocycles. The van der Waals surface area contributed by atoms with Gasteiger partial charge in [0.1, 0.15) is 17.2 Å². The van der Waals surface area contributed by atoms with Gasteiger partial charge >= 0.3 is 0 Å². The summed E-state index contributed by atoms with van der Waals surface area (Å²) in [6.07, 6.45) is 3.25. The van der Waals surface area contributed by atoms with Crippen LogP contribution in [0.2, 0.25) is 0 Å². The van der Waals surface area contributed by atoms with Crippen LogP contribution in [0, 0.1) is 0 Å². The van der Waals surface area contributed by atoms with Crippen molar-refractivity contribution in [2.75, 3.05) is 0 Å². The summed E-state index contributed by atoms with van der Waals surface area (Å²) in [4.78, 5) is 12.6. The minimum Gasteiger partial charge on any atom is -0.508 e. The number of rotatable bonds is 7. The van der Waals surface area contributed by atoms with Gasteiger partial charge in [-0.3, -0.25) is 4.79 Å². The van der Waals surface area contributed by atoms with Gasteiger partial charge in [0, 0.05) is 11.1 Å². The average Bonchev–Trinajstić information content (AvgIpc) is 2.59. The fraction of sp³-hybridized carbons (Fsp3) is 0.400. The number of hydrogen-bond acceptors (Lipinski definition) is 4. The van der Waals surface area contributed by atoms with Gasteiger partial charge in [0.25, 0.3) is 0 Å². The Bertz CT molecular complexity index is 869. The van der Waals surface area contributed by atoms with Crippen molar-refractivity contribution in [3.63, 3.8) is 0 Å². The van der Waals surface area contributed by atoms with Crippen LogP contribution in [0.5, 0.6) is 17.2 Å². The lowest BCUT2D eigenvalue weighted by molar-refractivity contribution is 0.104. The molecule has 2 aromatic carbocycles. The lowest BCUT2D eigenvalue weighted by atomic mass is 9.84. The fourth-order valence-corrected chi connectivity index (χ4v) is 2.93. The second-order valence-corrected chi connectivity index (χ2v) is 8.68. The van der Waals surface area contributed by atoms with Gasteiger partial charge in [-0.1, -0.05) is 26.8 Å². The van der Waals surface area contributed by atoms with E-state index in [-0.39, 0.29) is 29.2 Å². The first kappa shape index (κ1) is 22.5. The number of benzene rings is 2. The van der Waals surface area contributed by atoms with Gasteiger partial charge in [-0.05, 0) is 75.6 Å². The van der Waals surface area contributed by atoms with Crippen molar-refractivity contribution >= 4 is 11.9 Å². The highest BCUT2D eigenvalue weighted by Crippen LogP contribution is 2.40. The van der Waals surface area contributed by atoms with Crippen LogP contribution in [0.25, 0.3) is 6.08 Å². The summed E-state index contributed by atoms with van der Waals surface area (Å²) in [7, 11) is 0. The zero-order chi connectivity index (χ0) is 21.8. The van der Waals surface area contributed by atoms with Crippen LogP contribution in [0.15, 0.2) is 42.5 Å². The predicted molar refractivity (Wildman–Crippen MR) is 118 cm³/mol. The van der Waals surface area contributed by atoms with Crippen molar-refractivity contribution in [2.45, 2.75) is 66.1 Å². The Labute approximate surface area is 174 Å². The molecule has 0 spiro atoms. The van der Waals surface area contributed by atoms with E-state index in [1.807, 2.05) is 39.8 Å². The Balaban J connectivity index is 2.57.